The Morgan fingerprint density at radius 1 is 1.62 bits per heavy atom. The molecule has 0 aliphatic carbocycles. The van der Waals surface area contributed by atoms with E-state index in [-0.39, 0.29) is 12.2 Å². The largest absolute Gasteiger partial charge is 0.506 e. The summed E-state index contributed by atoms with van der Waals surface area (Å²) in [6, 6.07) is 4.90. The summed E-state index contributed by atoms with van der Waals surface area (Å²) in [5, 5.41) is 17.9. The first-order valence-corrected chi connectivity index (χ1v) is 4.01. The predicted octanol–water partition coefficient (Wildman–Crippen LogP) is 2.37. The molecule has 0 fully saturated rings. The third kappa shape index (κ3) is 2.77. The second-order valence-corrected chi connectivity index (χ2v) is 2.69. The van der Waals surface area contributed by atoms with Gasteiger partial charge < -0.3 is 5.11 Å². The lowest BCUT2D eigenvalue weighted by atomic mass is 10.3. The van der Waals surface area contributed by atoms with Gasteiger partial charge in [-0.2, -0.15) is 5.26 Å². The van der Waals surface area contributed by atoms with Crippen molar-refractivity contribution in [2.75, 3.05) is 0 Å². The van der Waals surface area contributed by atoms with Crippen LogP contribution in [0.2, 0.25) is 5.15 Å². The first-order valence-electron chi connectivity index (χ1n) is 3.63. The van der Waals surface area contributed by atoms with E-state index in [0.717, 1.165) is 0 Å². The number of rotatable bonds is 2. The van der Waals surface area contributed by atoms with Crippen LogP contribution in [0.1, 0.15) is 12.1 Å². The smallest absolute Gasteiger partial charge is 0.141 e. The van der Waals surface area contributed by atoms with Crippen molar-refractivity contribution >= 4 is 17.7 Å². The number of aromatic nitrogens is 1. The van der Waals surface area contributed by atoms with Crippen molar-refractivity contribution in [3.8, 4) is 11.8 Å². The van der Waals surface area contributed by atoms with Gasteiger partial charge in [-0.05, 0) is 18.2 Å². The van der Waals surface area contributed by atoms with Gasteiger partial charge in [-0.15, -0.1) is 0 Å². The summed E-state index contributed by atoms with van der Waals surface area (Å²) in [5.74, 6) is 0.0542. The fourth-order valence-corrected chi connectivity index (χ4v) is 0.943. The van der Waals surface area contributed by atoms with Gasteiger partial charge in [0.2, 0.25) is 0 Å². The Morgan fingerprint density at radius 3 is 3.08 bits per heavy atom. The molecule has 1 aromatic heterocycles. The molecule has 0 aromatic carbocycles. The van der Waals surface area contributed by atoms with Crippen LogP contribution in [0.5, 0.6) is 5.75 Å². The van der Waals surface area contributed by atoms with Gasteiger partial charge in [0.25, 0.3) is 0 Å². The number of hydrogen-bond acceptors (Lipinski definition) is 3. The molecule has 0 saturated heterocycles. The predicted molar refractivity (Wildman–Crippen MR) is 50.2 cm³/mol. The quantitative estimate of drug-likeness (QED) is 0.736. The second kappa shape index (κ2) is 4.48. The Morgan fingerprint density at radius 2 is 2.38 bits per heavy atom. The molecule has 4 heteroatoms. The third-order valence-corrected chi connectivity index (χ3v) is 1.56. The van der Waals surface area contributed by atoms with E-state index in [9.17, 15) is 5.11 Å². The van der Waals surface area contributed by atoms with Gasteiger partial charge >= 0.3 is 0 Å². The molecule has 1 rings (SSSR count). The van der Waals surface area contributed by atoms with Gasteiger partial charge in [0.05, 0.1) is 12.5 Å². The van der Waals surface area contributed by atoms with Gasteiger partial charge in [0.1, 0.15) is 16.6 Å². The summed E-state index contributed by atoms with van der Waals surface area (Å²) in [4.78, 5) is 3.86. The van der Waals surface area contributed by atoms with Crippen LogP contribution in [0.15, 0.2) is 18.2 Å². The summed E-state index contributed by atoms with van der Waals surface area (Å²) in [7, 11) is 0. The molecule has 0 unspecified atom stereocenters. The van der Waals surface area contributed by atoms with E-state index in [0.29, 0.717) is 10.8 Å². The van der Waals surface area contributed by atoms with Crippen molar-refractivity contribution in [1.29, 1.82) is 5.26 Å². The number of nitriles is 1. The molecule has 0 spiro atoms. The first kappa shape index (κ1) is 9.56. The standard InChI is InChI=1S/C9H7ClN2O/c10-9-5-4-8(13)7(12-9)3-1-2-6-11/h1,3-5,13H,2H2. The Bertz CT molecular complexity index is 368. The molecular weight excluding hydrogens is 188 g/mol. The summed E-state index contributed by atoms with van der Waals surface area (Å²) in [6.45, 7) is 0. The number of halogens is 1. The summed E-state index contributed by atoms with van der Waals surface area (Å²) >= 11 is 5.61. The lowest BCUT2D eigenvalue weighted by Crippen LogP contribution is -1.81. The van der Waals surface area contributed by atoms with Crippen molar-refractivity contribution in [2.45, 2.75) is 6.42 Å². The van der Waals surface area contributed by atoms with Gasteiger partial charge in [-0.3, -0.25) is 0 Å². The number of aromatic hydroxyl groups is 1. The van der Waals surface area contributed by atoms with Crippen LogP contribution in [-0.4, -0.2) is 10.1 Å². The van der Waals surface area contributed by atoms with Crippen LogP contribution in [0.25, 0.3) is 6.08 Å². The number of allylic oxidation sites excluding steroid dienone is 1. The minimum Gasteiger partial charge on any atom is -0.506 e. The molecule has 13 heavy (non-hydrogen) atoms. The minimum absolute atomic E-state index is 0.0542. The molecule has 66 valence electrons. The number of nitrogens with zero attached hydrogens (tertiary/aromatic N) is 2. The van der Waals surface area contributed by atoms with Crippen molar-refractivity contribution in [3.63, 3.8) is 0 Å². The molecular formula is C9H7ClN2O. The fourth-order valence-electron chi connectivity index (χ4n) is 0.789. The van der Waals surface area contributed by atoms with E-state index in [2.05, 4.69) is 4.98 Å². The maximum Gasteiger partial charge on any atom is 0.141 e. The van der Waals surface area contributed by atoms with Crippen LogP contribution in [-0.2, 0) is 0 Å². The number of hydrogen-bond donors (Lipinski definition) is 1. The highest BCUT2D eigenvalue weighted by Crippen LogP contribution is 2.18. The van der Waals surface area contributed by atoms with Crippen LogP contribution in [0.3, 0.4) is 0 Å². The highest BCUT2D eigenvalue weighted by Gasteiger charge is 1.98. The summed E-state index contributed by atoms with van der Waals surface area (Å²) in [6.07, 6.45) is 3.45. The fraction of sp³-hybridized carbons (Fsp3) is 0.111. The van der Waals surface area contributed by atoms with E-state index < -0.39 is 0 Å². The molecule has 1 aromatic rings. The van der Waals surface area contributed by atoms with E-state index >= 15 is 0 Å². The summed E-state index contributed by atoms with van der Waals surface area (Å²) in [5.41, 5.74) is 0.378. The van der Waals surface area contributed by atoms with Gasteiger partial charge in [-0.25, -0.2) is 4.98 Å². The SMILES string of the molecule is N#CCC=Cc1nc(Cl)ccc1O. The zero-order valence-corrected chi connectivity index (χ0v) is 7.49. The topological polar surface area (TPSA) is 56.9 Å². The highest BCUT2D eigenvalue weighted by molar-refractivity contribution is 6.29. The Balaban J connectivity index is 2.88. The highest BCUT2D eigenvalue weighted by atomic mass is 35.5. The molecule has 1 heterocycles. The van der Waals surface area contributed by atoms with E-state index in [1.807, 2.05) is 6.07 Å². The van der Waals surface area contributed by atoms with Crippen LogP contribution >= 0.6 is 11.6 Å². The monoisotopic (exact) mass is 194 g/mol. The molecule has 3 nitrogen and oxygen atoms in total. The Labute approximate surface area is 80.9 Å². The van der Waals surface area contributed by atoms with Crippen molar-refractivity contribution in [1.82, 2.24) is 4.98 Å². The van der Waals surface area contributed by atoms with E-state index in [1.54, 1.807) is 12.2 Å². The molecule has 0 amide bonds. The molecule has 0 aliphatic heterocycles. The molecule has 0 bridgehead atoms. The molecule has 1 N–H and O–H groups in total. The average molecular weight is 195 g/mol. The van der Waals surface area contributed by atoms with Gasteiger partial charge in [-0.1, -0.05) is 17.7 Å². The van der Waals surface area contributed by atoms with Crippen LogP contribution in [0, 0.1) is 11.3 Å². The van der Waals surface area contributed by atoms with Crippen LogP contribution in [0.4, 0.5) is 0 Å². The van der Waals surface area contributed by atoms with E-state index in [4.69, 9.17) is 16.9 Å². The Hall–Kier alpha value is -1.53. The molecule has 0 radical (unpaired) electrons. The van der Waals surface area contributed by atoms with E-state index in [1.165, 1.54) is 12.1 Å². The van der Waals surface area contributed by atoms with Crippen molar-refractivity contribution in [3.05, 3.63) is 29.1 Å². The van der Waals surface area contributed by atoms with Crippen molar-refractivity contribution in [2.24, 2.45) is 0 Å². The zero-order valence-electron chi connectivity index (χ0n) is 6.74. The normalized spacial score (nSPS) is 10.2. The Kier molecular flexibility index (Phi) is 3.30. The maximum absolute atomic E-state index is 9.28. The summed E-state index contributed by atoms with van der Waals surface area (Å²) < 4.78 is 0. The minimum atomic E-state index is 0.0542. The molecule has 0 saturated carbocycles. The van der Waals surface area contributed by atoms with Gasteiger partial charge in [0, 0.05) is 0 Å². The number of pyridine rings is 1. The second-order valence-electron chi connectivity index (χ2n) is 2.30. The van der Waals surface area contributed by atoms with Gasteiger partial charge in [0.15, 0.2) is 0 Å². The lowest BCUT2D eigenvalue weighted by molar-refractivity contribution is 0.471. The first-order chi connectivity index (χ1) is 6.24. The lowest BCUT2D eigenvalue weighted by Gasteiger charge is -1.97. The molecule has 0 aliphatic rings. The van der Waals surface area contributed by atoms with Crippen molar-refractivity contribution < 1.29 is 5.11 Å². The molecule has 0 atom stereocenters. The van der Waals surface area contributed by atoms with Crippen LogP contribution < -0.4 is 0 Å². The average Bonchev–Trinajstić information content (AvgIpc) is 2.11. The zero-order chi connectivity index (χ0) is 9.68. The third-order valence-electron chi connectivity index (χ3n) is 1.35. The maximum atomic E-state index is 9.28.